The molecule has 0 amide bonds. The number of nitrogens with one attached hydrogen (secondary N) is 2. The highest BCUT2D eigenvalue weighted by molar-refractivity contribution is 6.32. The molecule has 2 heterocycles. The fourth-order valence-electron chi connectivity index (χ4n) is 2.00. The van der Waals surface area contributed by atoms with Gasteiger partial charge in [0.1, 0.15) is 11.4 Å². The number of hydrogen-bond acceptors (Lipinski definition) is 6. The lowest BCUT2D eigenvalue weighted by Crippen LogP contribution is -2.26. The molecule has 2 rings (SSSR count). The molecule has 0 aliphatic carbocycles. The van der Waals surface area contributed by atoms with Crippen LogP contribution in [0.1, 0.15) is 26.3 Å². The molecule has 0 spiro atoms. The third kappa shape index (κ3) is 4.95. The second-order valence-electron chi connectivity index (χ2n) is 5.93. The Morgan fingerprint density at radius 1 is 1.28 bits per heavy atom. The van der Waals surface area contributed by atoms with Gasteiger partial charge in [-0.2, -0.15) is 23.3 Å². The van der Waals surface area contributed by atoms with Crippen LogP contribution >= 0.6 is 11.6 Å². The summed E-state index contributed by atoms with van der Waals surface area (Å²) in [6, 6.07) is 0. The average molecular weight is 379 g/mol. The van der Waals surface area contributed by atoms with E-state index in [1.54, 1.807) is 20.8 Å². The molecule has 7 nitrogen and oxygen atoms in total. The summed E-state index contributed by atoms with van der Waals surface area (Å²) >= 11 is 6.16. The van der Waals surface area contributed by atoms with Crippen LogP contribution in [0.25, 0.3) is 0 Å². The van der Waals surface area contributed by atoms with Crippen molar-refractivity contribution < 1.29 is 18.3 Å². The Labute approximate surface area is 147 Å². The van der Waals surface area contributed by atoms with Gasteiger partial charge in [-0.25, -0.2) is 9.67 Å². The van der Waals surface area contributed by atoms with Crippen LogP contribution in [0.3, 0.4) is 0 Å². The van der Waals surface area contributed by atoms with Crippen LogP contribution < -0.4 is 10.6 Å². The zero-order valence-electron chi connectivity index (χ0n) is 13.8. The third-order valence-corrected chi connectivity index (χ3v) is 3.40. The third-order valence-electron chi connectivity index (χ3n) is 3.00. The molecule has 0 saturated heterocycles. The SMILES string of the molecule is CCNc1nc(Nc2cnn(CC(C)(C)O)c2Cl)ncc1C(F)(F)F. The Bertz CT molecular complexity index is 741. The van der Waals surface area contributed by atoms with E-state index in [9.17, 15) is 18.3 Å². The lowest BCUT2D eigenvalue weighted by Gasteiger charge is -2.17. The van der Waals surface area contributed by atoms with Crippen LogP contribution in [0.4, 0.5) is 30.6 Å². The Morgan fingerprint density at radius 2 is 1.96 bits per heavy atom. The topological polar surface area (TPSA) is 87.9 Å². The Morgan fingerprint density at radius 3 is 2.52 bits per heavy atom. The van der Waals surface area contributed by atoms with Crippen LogP contribution in [0.2, 0.25) is 5.15 Å². The van der Waals surface area contributed by atoms with E-state index in [0.717, 1.165) is 0 Å². The van der Waals surface area contributed by atoms with Crippen molar-refractivity contribution in [3.05, 3.63) is 23.1 Å². The normalized spacial score (nSPS) is 12.3. The number of aromatic nitrogens is 4. The first-order chi connectivity index (χ1) is 11.5. The molecule has 0 aliphatic rings. The molecule has 0 aromatic carbocycles. The van der Waals surface area contributed by atoms with Crippen molar-refractivity contribution in [2.24, 2.45) is 0 Å². The van der Waals surface area contributed by atoms with Crippen LogP contribution in [0, 0.1) is 0 Å². The van der Waals surface area contributed by atoms with Gasteiger partial charge in [-0.1, -0.05) is 11.6 Å². The fourth-order valence-corrected chi connectivity index (χ4v) is 2.20. The number of anilines is 3. The first-order valence-corrected chi connectivity index (χ1v) is 7.78. The first-order valence-electron chi connectivity index (χ1n) is 7.40. The van der Waals surface area contributed by atoms with Gasteiger partial charge in [0.25, 0.3) is 0 Å². The number of hydrogen-bond donors (Lipinski definition) is 3. The lowest BCUT2D eigenvalue weighted by molar-refractivity contribution is -0.137. The van der Waals surface area contributed by atoms with Crippen molar-refractivity contribution in [1.29, 1.82) is 0 Å². The molecule has 0 unspecified atom stereocenters. The summed E-state index contributed by atoms with van der Waals surface area (Å²) in [4.78, 5) is 7.53. The van der Waals surface area contributed by atoms with Gasteiger partial charge < -0.3 is 15.7 Å². The van der Waals surface area contributed by atoms with Crippen molar-refractivity contribution in [2.75, 3.05) is 17.2 Å². The summed E-state index contributed by atoms with van der Waals surface area (Å²) in [5.74, 6) is -0.388. The smallest absolute Gasteiger partial charge is 0.389 e. The van der Waals surface area contributed by atoms with E-state index in [1.165, 1.54) is 10.9 Å². The molecule has 0 fully saturated rings. The van der Waals surface area contributed by atoms with E-state index in [0.29, 0.717) is 11.9 Å². The zero-order chi connectivity index (χ0) is 18.8. The molecule has 0 atom stereocenters. The lowest BCUT2D eigenvalue weighted by atomic mass is 10.1. The molecule has 0 radical (unpaired) electrons. The molecule has 138 valence electrons. The van der Waals surface area contributed by atoms with Gasteiger partial charge in [0, 0.05) is 12.7 Å². The molecule has 3 N–H and O–H groups in total. The predicted molar refractivity (Wildman–Crippen MR) is 88.0 cm³/mol. The second kappa shape index (κ2) is 7.04. The van der Waals surface area contributed by atoms with Gasteiger partial charge in [-0.3, -0.25) is 0 Å². The number of aliphatic hydroxyl groups is 1. The standard InChI is InChI=1S/C14H18ClF3N6O/c1-4-19-11-8(14(16,17)18)5-20-12(23-11)22-9-6-21-24(10(9)15)7-13(2,3)25/h5-6,25H,4,7H2,1-3H3,(H2,19,20,22,23). The zero-order valence-corrected chi connectivity index (χ0v) is 14.6. The van der Waals surface area contributed by atoms with Crippen molar-refractivity contribution in [1.82, 2.24) is 19.7 Å². The molecule has 2 aromatic rings. The van der Waals surface area contributed by atoms with Crippen molar-refractivity contribution in [3.8, 4) is 0 Å². The summed E-state index contributed by atoms with van der Waals surface area (Å²) in [6.07, 6.45) is -2.49. The van der Waals surface area contributed by atoms with Crippen LogP contribution in [-0.4, -0.2) is 37.0 Å². The van der Waals surface area contributed by atoms with Crippen molar-refractivity contribution >= 4 is 29.1 Å². The van der Waals surface area contributed by atoms with Crippen LogP contribution in [0.15, 0.2) is 12.4 Å². The van der Waals surface area contributed by atoms with E-state index >= 15 is 0 Å². The van der Waals surface area contributed by atoms with Gasteiger partial charge in [0.05, 0.1) is 24.0 Å². The van der Waals surface area contributed by atoms with Gasteiger partial charge in [-0.15, -0.1) is 0 Å². The van der Waals surface area contributed by atoms with E-state index in [2.05, 4.69) is 25.7 Å². The quantitative estimate of drug-likeness (QED) is 0.715. The number of alkyl halides is 3. The Hall–Kier alpha value is -2.07. The minimum atomic E-state index is -4.56. The molecule has 25 heavy (non-hydrogen) atoms. The largest absolute Gasteiger partial charge is 0.421 e. The summed E-state index contributed by atoms with van der Waals surface area (Å²) in [6.45, 7) is 5.26. The van der Waals surface area contributed by atoms with E-state index in [1.807, 2.05) is 0 Å². The van der Waals surface area contributed by atoms with E-state index in [-0.39, 0.29) is 30.0 Å². The Balaban J connectivity index is 2.28. The molecular weight excluding hydrogens is 361 g/mol. The maximum atomic E-state index is 13.0. The fraction of sp³-hybridized carbons (Fsp3) is 0.500. The molecule has 0 bridgehead atoms. The maximum Gasteiger partial charge on any atom is 0.421 e. The molecule has 11 heteroatoms. The number of nitrogens with zero attached hydrogens (tertiary/aromatic N) is 4. The first kappa shape index (κ1) is 19.3. The second-order valence-corrected chi connectivity index (χ2v) is 6.29. The molecule has 0 saturated carbocycles. The average Bonchev–Trinajstić information content (AvgIpc) is 2.78. The monoisotopic (exact) mass is 378 g/mol. The van der Waals surface area contributed by atoms with Gasteiger partial charge >= 0.3 is 6.18 Å². The Kier molecular flexibility index (Phi) is 5.43. The predicted octanol–water partition coefficient (Wildman–Crippen LogP) is 3.29. The van der Waals surface area contributed by atoms with E-state index in [4.69, 9.17) is 11.6 Å². The minimum absolute atomic E-state index is 0.0614. The maximum absolute atomic E-state index is 13.0. The van der Waals surface area contributed by atoms with Crippen molar-refractivity contribution in [3.63, 3.8) is 0 Å². The molecule has 0 aliphatic heterocycles. The van der Waals surface area contributed by atoms with Gasteiger partial charge in [0.15, 0.2) is 5.15 Å². The summed E-state index contributed by atoms with van der Waals surface area (Å²) < 4.78 is 40.2. The van der Waals surface area contributed by atoms with Gasteiger partial charge in [-0.05, 0) is 20.8 Å². The van der Waals surface area contributed by atoms with E-state index < -0.39 is 17.3 Å². The number of rotatable bonds is 6. The highest BCUT2D eigenvalue weighted by Gasteiger charge is 2.35. The molecular formula is C14H18ClF3N6O. The number of halogens is 4. The van der Waals surface area contributed by atoms with Crippen molar-refractivity contribution in [2.45, 2.75) is 39.1 Å². The van der Waals surface area contributed by atoms with Crippen LogP contribution in [0.5, 0.6) is 0 Å². The summed E-state index contributed by atoms with van der Waals surface area (Å²) in [7, 11) is 0. The summed E-state index contributed by atoms with van der Waals surface area (Å²) in [5, 5.41) is 19.3. The molecule has 2 aromatic heterocycles. The highest BCUT2D eigenvalue weighted by Crippen LogP contribution is 2.34. The highest BCUT2D eigenvalue weighted by atomic mass is 35.5. The minimum Gasteiger partial charge on any atom is -0.389 e. The van der Waals surface area contributed by atoms with Crippen LogP contribution in [-0.2, 0) is 12.7 Å². The summed E-state index contributed by atoms with van der Waals surface area (Å²) in [5.41, 5.74) is -1.67. The van der Waals surface area contributed by atoms with Gasteiger partial charge in [0.2, 0.25) is 5.95 Å².